The van der Waals surface area contributed by atoms with Crippen molar-refractivity contribution < 1.29 is 9.84 Å². The van der Waals surface area contributed by atoms with Crippen molar-refractivity contribution in [3.8, 4) is 0 Å². The summed E-state index contributed by atoms with van der Waals surface area (Å²) in [7, 11) is 0. The highest BCUT2D eigenvalue weighted by molar-refractivity contribution is 4.76. The maximum atomic E-state index is 8.86. The summed E-state index contributed by atoms with van der Waals surface area (Å²) in [6, 6.07) is 0. The molecule has 1 atom stereocenters. The molecular formula is C10H23NO2. The molecule has 0 aliphatic rings. The fraction of sp³-hybridized carbons (Fsp3) is 1.00. The smallest absolute Gasteiger partial charge is 0.0609 e. The molecule has 0 saturated carbocycles. The first kappa shape index (κ1) is 12.9. The topological polar surface area (TPSA) is 55.5 Å². The molecule has 0 aromatic heterocycles. The van der Waals surface area contributed by atoms with E-state index in [0.717, 1.165) is 13.0 Å². The Balaban J connectivity index is 3.26. The molecule has 0 spiro atoms. The maximum Gasteiger partial charge on any atom is 0.0609 e. The molecule has 1 unspecified atom stereocenters. The molecular weight excluding hydrogens is 166 g/mol. The average molecular weight is 189 g/mol. The zero-order chi connectivity index (χ0) is 10.3. The summed E-state index contributed by atoms with van der Waals surface area (Å²) < 4.78 is 5.39. The monoisotopic (exact) mass is 189 g/mol. The van der Waals surface area contributed by atoms with Crippen LogP contribution in [0, 0.1) is 5.92 Å². The molecule has 0 saturated heterocycles. The summed E-state index contributed by atoms with van der Waals surface area (Å²) in [4.78, 5) is 0. The lowest BCUT2D eigenvalue weighted by atomic mass is 10.0. The van der Waals surface area contributed by atoms with Crippen LogP contribution in [-0.4, -0.2) is 30.5 Å². The van der Waals surface area contributed by atoms with Gasteiger partial charge in [-0.15, -0.1) is 0 Å². The predicted octanol–water partition coefficient (Wildman–Crippen LogP) is 1.15. The molecule has 80 valence electrons. The fourth-order valence-electron chi connectivity index (χ4n) is 0.805. The van der Waals surface area contributed by atoms with E-state index in [2.05, 4.69) is 13.8 Å². The highest BCUT2D eigenvalue weighted by atomic mass is 16.5. The molecule has 0 fully saturated rings. The van der Waals surface area contributed by atoms with Gasteiger partial charge in [0.1, 0.15) is 0 Å². The minimum Gasteiger partial charge on any atom is -0.394 e. The standard InChI is InChI=1S/C10H23NO2/c1-9(2)4-6-13-7-5-10(3,11)8-12/h9,12H,4-8,11H2,1-3H3. The summed E-state index contributed by atoms with van der Waals surface area (Å²) in [5, 5.41) is 8.86. The minimum atomic E-state index is -0.488. The largest absolute Gasteiger partial charge is 0.394 e. The van der Waals surface area contributed by atoms with E-state index in [0.29, 0.717) is 18.9 Å². The van der Waals surface area contributed by atoms with Gasteiger partial charge < -0.3 is 15.6 Å². The number of hydrogen-bond donors (Lipinski definition) is 2. The normalized spacial score (nSPS) is 16.2. The Morgan fingerprint density at radius 1 is 1.38 bits per heavy atom. The summed E-state index contributed by atoms with van der Waals surface area (Å²) >= 11 is 0. The van der Waals surface area contributed by atoms with Gasteiger partial charge in [0.05, 0.1) is 6.61 Å². The van der Waals surface area contributed by atoms with Crippen molar-refractivity contribution in [2.24, 2.45) is 11.7 Å². The van der Waals surface area contributed by atoms with Gasteiger partial charge in [0.25, 0.3) is 0 Å². The van der Waals surface area contributed by atoms with Gasteiger partial charge in [-0.1, -0.05) is 13.8 Å². The predicted molar refractivity (Wildman–Crippen MR) is 54.6 cm³/mol. The second-order valence-electron chi connectivity index (χ2n) is 4.36. The first-order valence-electron chi connectivity index (χ1n) is 4.95. The first-order chi connectivity index (χ1) is 5.98. The lowest BCUT2D eigenvalue weighted by Gasteiger charge is -2.21. The number of aliphatic hydroxyl groups is 1. The quantitative estimate of drug-likeness (QED) is 0.591. The second-order valence-corrected chi connectivity index (χ2v) is 4.36. The second kappa shape index (κ2) is 6.35. The van der Waals surface area contributed by atoms with Crippen molar-refractivity contribution in [1.82, 2.24) is 0 Å². The van der Waals surface area contributed by atoms with Gasteiger partial charge in [-0.25, -0.2) is 0 Å². The molecule has 3 heteroatoms. The van der Waals surface area contributed by atoms with Crippen molar-refractivity contribution >= 4 is 0 Å². The fourth-order valence-corrected chi connectivity index (χ4v) is 0.805. The summed E-state index contributed by atoms with van der Waals surface area (Å²) in [5.74, 6) is 0.683. The Kier molecular flexibility index (Phi) is 6.29. The summed E-state index contributed by atoms with van der Waals surface area (Å²) in [6.07, 6.45) is 1.79. The third kappa shape index (κ3) is 8.22. The number of rotatable bonds is 7. The van der Waals surface area contributed by atoms with E-state index in [4.69, 9.17) is 15.6 Å². The highest BCUT2D eigenvalue weighted by Crippen LogP contribution is 2.05. The molecule has 13 heavy (non-hydrogen) atoms. The molecule has 0 aliphatic heterocycles. The van der Waals surface area contributed by atoms with Crippen LogP contribution in [-0.2, 0) is 4.74 Å². The van der Waals surface area contributed by atoms with Gasteiger partial charge in [-0.3, -0.25) is 0 Å². The van der Waals surface area contributed by atoms with Gasteiger partial charge in [0.15, 0.2) is 0 Å². The van der Waals surface area contributed by atoms with Crippen LogP contribution in [0.2, 0.25) is 0 Å². The SMILES string of the molecule is CC(C)CCOCCC(C)(N)CO. The van der Waals surface area contributed by atoms with Gasteiger partial charge in [-0.05, 0) is 25.7 Å². The van der Waals surface area contributed by atoms with E-state index in [1.807, 2.05) is 6.92 Å². The van der Waals surface area contributed by atoms with Crippen LogP contribution in [0.1, 0.15) is 33.6 Å². The molecule has 0 aliphatic carbocycles. The van der Waals surface area contributed by atoms with Crippen LogP contribution in [0.25, 0.3) is 0 Å². The Morgan fingerprint density at radius 3 is 2.46 bits per heavy atom. The van der Waals surface area contributed by atoms with Crippen LogP contribution >= 0.6 is 0 Å². The van der Waals surface area contributed by atoms with Crippen molar-refractivity contribution in [3.05, 3.63) is 0 Å². The zero-order valence-electron chi connectivity index (χ0n) is 9.05. The molecule has 0 bridgehead atoms. The Hall–Kier alpha value is -0.120. The Bertz CT molecular complexity index is 124. The lowest BCUT2D eigenvalue weighted by molar-refractivity contribution is 0.0933. The molecule has 3 nitrogen and oxygen atoms in total. The zero-order valence-corrected chi connectivity index (χ0v) is 9.05. The van der Waals surface area contributed by atoms with Gasteiger partial charge in [0, 0.05) is 18.8 Å². The Labute approximate surface area is 81.3 Å². The van der Waals surface area contributed by atoms with E-state index >= 15 is 0 Å². The number of aliphatic hydroxyl groups excluding tert-OH is 1. The number of nitrogens with two attached hydrogens (primary N) is 1. The minimum absolute atomic E-state index is 0.0144. The Morgan fingerprint density at radius 2 is 2.00 bits per heavy atom. The average Bonchev–Trinajstić information content (AvgIpc) is 2.03. The van der Waals surface area contributed by atoms with E-state index in [-0.39, 0.29) is 6.61 Å². The van der Waals surface area contributed by atoms with Crippen LogP contribution in [0.15, 0.2) is 0 Å². The number of ether oxygens (including phenoxy) is 1. The molecule has 0 rings (SSSR count). The van der Waals surface area contributed by atoms with Gasteiger partial charge in [-0.2, -0.15) is 0 Å². The lowest BCUT2D eigenvalue weighted by Crippen LogP contribution is -2.41. The highest BCUT2D eigenvalue weighted by Gasteiger charge is 2.15. The van der Waals surface area contributed by atoms with E-state index in [9.17, 15) is 0 Å². The molecule has 0 aromatic rings. The summed E-state index contributed by atoms with van der Waals surface area (Å²) in [6.45, 7) is 7.62. The van der Waals surface area contributed by atoms with Crippen molar-refractivity contribution in [1.29, 1.82) is 0 Å². The first-order valence-corrected chi connectivity index (χ1v) is 4.95. The molecule has 0 heterocycles. The number of hydrogen-bond acceptors (Lipinski definition) is 3. The van der Waals surface area contributed by atoms with E-state index in [1.54, 1.807) is 0 Å². The maximum absolute atomic E-state index is 8.86. The van der Waals surface area contributed by atoms with Crippen LogP contribution in [0.5, 0.6) is 0 Å². The van der Waals surface area contributed by atoms with Crippen molar-refractivity contribution in [3.63, 3.8) is 0 Å². The van der Waals surface area contributed by atoms with Crippen molar-refractivity contribution in [2.45, 2.75) is 39.2 Å². The van der Waals surface area contributed by atoms with Crippen LogP contribution in [0.4, 0.5) is 0 Å². The van der Waals surface area contributed by atoms with Gasteiger partial charge >= 0.3 is 0 Å². The van der Waals surface area contributed by atoms with E-state index < -0.39 is 5.54 Å². The van der Waals surface area contributed by atoms with Crippen molar-refractivity contribution in [2.75, 3.05) is 19.8 Å². The molecule has 0 aromatic carbocycles. The van der Waals surface area contributed by atoms with Gasteiger partial charge in [0.2, 0.25) is 0 Å². The third-order valence-corrected chi connectivity index (χ3v) is 2.02. The third-order valence-electron chi connectivity index (χ3n) is 2.02. The van der Waals surface area contributed by atoms with E-state index in [1.165, 1.54) is 0 Å². The van der Waals surface area contributed by atoms with Crippen LogP contribution < -0.4 is 5.73 Å². The molecule has 0 radical (unpaired) electrons. The van der Waals surface area contributed by atoms with Crippen LogP contribution in [0.3, 0.4) is 0 Å². The molecule has 3 N–H and O–H groups in total. The molecule has 0 amide bonds. The summed E-state index contributed by atoms with van der Waals surface area (Å²) in [5.41, 5.74) is 5.24.